The van der Waals surface area contributed by atoms with Gasteiger partial charge in [-0.2, -0.15) is 4.98 Å². The highest BCUT2D eigenvalue weighted by Gasteiger charge is 2.16. The van der Waals surface area contributed by atoms with E-state index in [4.69, 9.17) is 14.0 Å². The molecule has 3 rings (SSSR count). The van der Waals surface area contributed by atoms with Crippen LogP contribution in [0, 0.1) is 0 Å². The zero-order valence-electron chi connectivity index (χ0n) is 16.9. The van der Waals surface area contributed by atoms with E-state index in [2.05, 4.69) is 20.8 Å². The molecule has 1 amide bonds. The standard InChI is InChI=1S/C21H24N4O4/c1-13(2)23-21(26)15-7-5-6-8-17(15)22-12-19-24-20(25-29-19)16-10-9-14(27-3)11-18(16)28-4/h5-11,13,22H,12H2,1-4H3,(H,23,26). The number of carbonyl (C=O) groups is 1. The Hall–Kier alpha value is -3.55. The molecule has 0 bridgehead atoms. The quantitative estimate of drug-likeness (QED) is 0.601. The number of hydrogen-bond acceptors (Lipinski definition) is 7. The molecule has 0 saturated carbocycles. The lowest BCUT2D eigenvalue weighted by atomic mass is 10.1. The summed E-state index contributed by atoms with van der Waals surface area (Å²) in [5.74, 6) is 1.91. The first-order valence-electron chi connectivity index (χ1n) is 9.20. The number of benzene rings is 2. The molecular formula is C21H24N4O4. The lowest BCUT2D eigenvalue weighted by molar-refractivity contribution is 0.0944. The number of nitrogens with zero attached hydrogens (tertiary/aromatic N) is 2. The number of amides is 1. The Kier molecular flexibility index (Phi) is 6.33. The van der Waals surface area contributed by atoms with Crippen molar-refractivity contribution in [3.8, 4) is 22.9 Å². The van der Waals surface area contributed by atoms with Gasteiger partial charge in [-0.1, -0.05) is 17.3 Å². The minimum atomic E-state index is -0.141. The van der Waals surface area contributed by atoms with Gasteiger partial charge >= 0.3 is 0 Å². The van der Waals surface area contributed by atoms with E-state index >= 15 is 0 Å². The van der Waals surface area contributed by atoms with Crippen molar-refractivity contribution in [1.29, 1.82) is 0 Å². The Morgan fingerprint density at radius 3 is 2.66 bits per heavy atom. The Morgan fingerprint density at radius 2 is 1.93 bits per heavy atom. The SMILES string of the molecule is COc1ccc(-c2noc(CNc3ccccc3C(=O)NC(C)C)n2)c(OC)c1. The molecule has 29 heavy (non-hydrogen) atoms. The Balaban J connectivity index is 1.75. The number of nitrogens with one attached hydrogen (secondary N) is 2. The Morgan fingerprint density at radius 1 is 1.14 bits per heavy atom. The number of aromatic nitrogens is 2. The topological polar surface area (TPSA) is 98.5 Å². The van der Waals surface area contributed by atoms with Gasteiger partial charge in [0.25, 0.3) is 5.91 Å². The van der Waals surface area contributed by atoms with Crippen LogP contribution in [0.15, 0.2) is 47.0 Å². The van der Waals surface area contributed by atoms with Crippen LogP contribution >= 0.6 is 0 Å². The predicted molar refractivity (Wildman–Crippen MR) is 109 cm³/mol. The lowest BCUT2D eigenvalue weighted by Gasteiger charge is -2.12. The van der Waals surface area contributed by atoms with E-state index in [-0.39, 0.29) is 18.5 Å². The molecule has 0 unspecified atom stereocenters. The van der Waals surface area contributed by atoms with Crippen molar-refractivity contribution in [3.05, 3.63) is 53.9 Å². The zero-order chi connectivity index (χ0) is 20.8. The van der Waals surface area contributed by atoms with Crippen molar-refractivity contribution < 1.29 is 18.8 Å². The van der Waals surface area contributed by atoms with Crippen molar-refractivity contribution in [2.45, 2.75) is 26.4 Å². The smallest absolute Gasteiger partial charge is 0.253 e. The number of anilines is 1. The number of methoxy groups -OCH3 is 2. The lowest BCUT2D eigenvalue weighted by Crippen LogP contribution is -2.30. The third-order valence-corrected chi connectivity index (χ3v) is 4.14. The van der Waals surface area contributed by atoms with E-state index in [1.165, 1.54) is 0 Å². The van der Waals surface area contributed by atoms with Gasteiger partial charge in [0, 0.05) is 17.8 Å². The number of rotatable bonds is 8. The first-order valence-corrected chi connectivity index (χ1v) is 9.20. The van der Waals surface area contributed by atoms with Crippen LogP contribution in [-0.4, -0.2) is 36.3 Å². The molecule has 0 saturated heterocycles. The largest absolute Gasteiger partial charge is 0.497 e. The number of carbonyl (C=O) groups excluding carboxylic acids is 1. The minimum Gasteiger partial charge on any atom is -0.497 e. The third kappa shape index (κ3) is 4.84. The molecule has 0 aliphatic carbocycles. The highest BCUT2D eigenvalue weighted by Crippen LogP contribution is 2.31. The fourth-order valence-corrected chi connectivity index (χ4v) is 2.77. The summed E-state index contributed by atoms with van der Waals surface area (Å²) in [4.78, 5) is 16.8. The highest BCUT2D eigenvalue weighted by molar-refractivity contribution is 5.99. The van der Waals surface area contributed by atoms with Gasteiger partial charge in [0.15, 0.2) is 0 Å². The average molecular weight is 396 g/mol. The molecular weight excluding hydrogens is 372 g/mol. The molecule has 152 valence electrons. The van der Waals surface area contributed by atoms with Gasteiger partial charge in [0.2, 0.25) is 11.7 Å². The molecule has 1 heterocycles. The zero-order valence-corrected chi connectivity index (χ0v) is 16.9. The fraction of sp³-hybridized carbons (Fsp3) is 0.286. The van der Waals surface area contributed by atoms with Gasteiger partial charge in [0.05, 0.1) is 31.9 Å². The average Bonchev–Trinajstić information content (AvgIpc) is 3.20. The molecule has 0 fully saturated rings. The minimum absolute atomic E-state index is 0.0496. The monoisotopic (exact) mass is 396 g/mol. The second-order valence-electron chi connectivity index (χ2n) is 6.61. The predicted octanol–water partition coefficient (Wildman–Crippen LogP) is 3.50. The van der Waals surface area contributed by atoms with Gasteiger partial charge in [-0.05, 0) is 38.1 Å². The molecule has 2 aromatic carbocycles. The Labute approximate surface area is 169 Å². The van der Waals surface area contributed by atoms with Crippen molar-refractivity contribution in [1.82, 2.24) is 15.5 Å². The Bertz CT molecular complexity index is 984. The molecule has 8 nitrogen and oxygen atoms in total. The van der Waals surface area contributed by atoms with Gasteiger partial charge in [-0.3, -0.25) is 4.79 Å². The van der Waals surface area contributed by atoms with Crippen LogP contribution in [0.4, 0.5) is 5.69 Å². The van der Waals surface area contributed by atoms with Crippen molar-refractivity contribution in [2.75, 3.05) is 19.5 Å². The van der Waals surface area contributed by atoms with Gasteiger partial charge < -0.3 is 24.6 Å². The van der Waals surface area contributed by atoms with E-state index in [0.29, 0.717) is 40.0 Å². The summed E-state index contributed by atoms with van der Waals surface area (Å²) < 4.78 is 16.0. The van der Waals surface area contributed by atoms with Crippen LogP contribution in [0.5, 0.6) is 11.5 Å². The van der Waals surface area contributed by atoms with Gasteiger partial charge in [-0.15, -0.1) is 0 Å². The summed E-state index contributed by atoms with van der Waals surface area (Å²) >= 11 is 0. The maximum absolute atomic E-state index is 12.4. The number of para-hydroxylation sites is 1. The molecule has 0 aliphatic rings. The van der Waals surface area contributed by atoms with Crippen LogP contribution in [-0.2, 0) is 6.54 Å². The maximum atomic E-state index is 12.4. The molecule has 0 spiro atoms. The summed E-state index contributed by atoms with van der Waals surface area (Å²) in [7, 11) is 3.16. The van der Waals surface area contributed by atoms with E-state index in [1.807, 2.05) is 38.1 Å². The number of hydrogen-bond donors (Lipinski definition) is 2. The van der Waals surface area contributed by atoms with E-state index in [1.54, 1.807) is 32.4 Å². The van der Waals surface area contributed by atoms with E-state index in [0.717, 1.165) is 0 Å². The van der Waals surface area contributed by atoms with Crippen molar-refractivity contribution in [2.24, 2.45) is 0 Å². The summed E-state index contributed by atoms with van der Waals surface area (Å²) in [6, 6.07) is 12.7. The molecule has 8 heteroatoms. The molecule has 2 N–H and O–H groups in total. The van der Waals surface area contributed by atoms with Gasteiger partial charge in [-0.25, -0.2) is 0 Å². The van der Waals surface area contributed by atoms with Crippen LogP contribution < -0.4 is 20.1 Å². The molecule has 3 aromatic rings. The van der Waals surface area contributed by atoms with E-state index < -0.39 is 0 Å². The highest BCUT2D eigenvalue weighted by atomic mass is 16.5. The molecule has 0 atom stereocenters. The van der Waals surface area contributed by atoms with Crippen molar-refractivity contribution in [3.63, 3.8) is 0 Å². The third-order valence-electron chi connectivity index (χ3n) is 4.14. The van der Waals surface area contributed by atoms with Crippen LogP contribution in [0.3, 0.4) is 0 Å². The molecule has 1 aromatic heterocycles. The fourth-order valence-electron chi connectivity index (χ4n) is 2.77. The number of ether oxygens (including phenoxy) is 2. The summed E-state index contributed by atoms with van der Waals surface area (Å²) in [5.41, 5.74) is 1.94. The van der Waals surface area contributed by atoms with E-state index in [9.17, 15) is 4.79 Å². The summed E-state index contributed by atoms with van der Waals surface area (Å²) in [6.07, 6.45) is 0. The normalized spacial score (nSPS) is 10.7. The summed E-state index contributed by atoms with van der Waals surface area (Å²) in [5, 5.41) is 10.1. The first-order chi connectivity index (χ1) is 14.0. The molecule has 0 aliphatic heterocycles. The maximum Gasteiger partial charge on any atom is 0.253 e. The second-order valence-corrected chi connectivity index (χ2v) is 6.61. The molecule has 0 radical (unpaired) electrons. The summed E-state index contributed by atoms with van der Waals surface area (Å²) in [6.45, 7) is 4.11. The second kappa shape index (κ2) is 9.09. The van der Waals surface area contributed by atoms with Crippen LogP contribution in [0.1, 0.15) is 30.1 Å². The first kappa shape index (κ1) is 20.2. The van der Waals surface area contributed by atoms with Crippen LogP contribution in [0.2, 0.25) is 0 Å². The van der Waals surface area contributed by atoms with Gasteiger partial charge in [0.1, 0.15) is 11.5 Å². The van der Waals surface area contributed by atoms with Crippen LogP contribution in [0.25, 0.3) is 11.4 Å². The van der Waals surface area contributed by atoms with Crippen molar-refractivity contribution >= 4 is 11.6 Å².